The van der Waals surface area contributed by atoms with Gasteiger partial charge in [-0.05, 0) is 48.5 Å². The molecule has 0 aliphatic heterocycles. The number of carbonyl (C=O) groups is 1. The number of benzene rings is 3. The van der Waals surface area contributed by atoms with Crippen molar-refractivity contribution >= 4 is 33.9 Å². The highest BCUT2D eigenvalue weighted by molar-refractivity contribution is 5.95. The number of rotatable bonds is 5. The van der Waals surface area contributed by atoms with Crippen LogP contribution < -0.4 is 10.9 Å². The molecule has 0 spiro atoms. The third kappa shape index (κ3) is 3.89. The van der Waals surface area contributed by atoms with Gasteiger partial charge >= 0.3 is 0 Å². The topological polar surface area (TPSA) is 92.1 Å². The van der Waals surface area contributed by atoms with E-state index in [1.54, 1.807) is 47.2 Å². The normalized spacial score (nSPS) is 11.4. The Bertz CT molecular complexity index is 1510. The monoisotopic (exact) mass is 439 g/mol. The number of carbonyl (C=O) groups excluding carboxylic acids is 1. The van der Waals surface area contributed by atoms with Gasteiger partial charge in [0.05, 0.1) is 29.1 Å². The van der Waals surface area contributed by atoms with E-state index in [4.69, 9.17) is 0 Å². The van der Waals surface area contributed by atoms with Gasteiger partial charge in [-0.2, -0.15) is 10.2 Å². The van der Waals surface area contributed by atoms with Crippen molar-refractivity contribution in [3.05, 3.63) is 101 Å². The number of halogens is 1. The van der Waals surface area contributed by atoms with E-state index in [1.807, 2.05) is 24.3 Å². The Hall–Kier alpha value is -4.59. The SMILES string of the molecule is O=C(Cn1c2ccccc2c(=O)c2ccccc21)N/N=C\c1cn[nH]c1-c1ccc(F)cc1. The summed E-state index contributed by atoms with van der Waals surface area (Å²) in [4.78, 5) is 25.5. The Morgan fingerprint density at radius 3 is 2.30 bits per heavy atom. The number of fused-ring (bicyclic) bond motifs is 2. The minimum atomic E-state index is -0.350. The molecule has 0 saturated carbocycles. The number of hydrazone groups is 1. The molecule has 2 N–H and O–H groups in total. The van der Waals surface area contributed by atoms with Gasteiger partial charge < -0.3 is 4.57 Å². The number of H-pyrrole nitrogens is 1. The van der Waals surface area contributed by atoms with Crippen LogP contribution in [0.5, 0.6) is 0 Å². The van der Waals surface area contributed by atoms with Gasteiger partial charge in [0.15, 0.2) is 5.43 Å². The van der Waals surface area contributed by atoms with Crippen LogP contribution >= 0.6 is 0 Å². The molecule has 0 bridgehead atoms. The first kappa shape index (κ1) is 20.3. The number of nitrogens with one attached hydrogen (secondary N) is 2. The number of hydrogen-bond donors (Lipinski definition) is 2. The van der Waals surface area contributed by atoms with E-state index in [2.05, 4.69) is 20.7 Å². The molecule has 7 nitrogen and oxygen atoms in total. The second-order valence-electron chi connectivity index (χ2n) is 7.45. The predicted octanol–water partition coefficient (Wildman–Crippen LogP) is 3.83. The van der Waals surface area contributed by atoms with E-state index in [1.165, 1.54) is 18.3 Å². The maximum atomic E-state index is 13.2. The van der Waals surface area contributed by atoms with E-state index in [9.17, 15) is 14.0 Å². The molecule has 0 atom stereocenters. The van der Waals surface area contributed by atoms with Crippen LogP contribution in [-0.2, 0) is 11.3 Å². The summed E-state index contributed by atoms with van der Waals surface area (Å²) in [6.07, 6.45) is 3.04. The summed E-state index contributed by atoms with van der Waals surface area (Å²) in [6, 6.07) is 20.4. The summed E-state index contributed by atoms with van der Waals surface area (Å²) in [6.45, 7) is -0.0190. The molecule has 0 radical (unpaired) electrons. The lowest BCUT2D eigenvalue weighted by Gasteiger charge is -2.14. The van der Waals surface area contributed by atoms with Crippen LogP contribution in [0.3, 0.4) is 0 Å². The summed E-state index contributed by atoms with van der Waals surface area (Å²) in [5.41, 5.74) is 5.86. The van der Waals surface area contributed by atoms with Crippen molar-refractivity contribution < 1.29 is 9.18 Å². The lowest BCUT2D eigenvalue weighted by atomic mass is 10.1. The van der Waals surface area contributed by atoms with E-state index in [0.29, 0.717) is 33.1 Å². The fourth-order valence-corrected chi connectivity index (χ4v) is 3.84. The highest BCUT2D eigenvalue weighted by Crippen LogP contribution is 2.20. The fourth-order valence-electron chi connectivity index (χ4n) is 3.84. The van der Waals surface area contributed by atoms with Crippen LogP contribution in [-0.4, -0.2) is 26.9 Å². The minimum Gasteiger partial charge on any atom is -0.331 e. The average Bonchev–Trinajstić information content (AvgIpc) is 3.31. The molecule has 2 aromatic heterocycles. The summed E-state index contributed by atoms with van der Waals surface area (Å²) < 4.78 is 15.0. The zero-order valence-corrected chi connectivity index (χ0v) is 17.3. The Morgan fingerprint density at radius 1 is 1.00 bits per heavy atom. The van der Waals surface area contributed by atoms with Gasteiger partial charge in [0.1, 0.15) is 12.4 Å². The zero-order valence-electron chi connectivity index (χ0n) is 17.3. The van der Waals surface area contributed by atoms with E-state index in [0.717, 1.165) is 5.56 Å². The molecule has 2 heterocycles. The van der Waals surface area contributed by atoms with Crippen LogP contribution in [0.25, 0.3) is 33.1 Å². The average molecular weight is 439 g/mol. The zero-order chi connectivity index (χ0) is 22.8. The van der Waals surface area contributed by atoms with Crippen molar-refractivity contribution in [3.8, 4) is 11.3 Å². The number of aromatic amines is 1. The molecule has 0 aliphatic rings. The molecule has 1 amide bonds. The molecule has 5 aromatic rings. The smallest absolute Gasteiger partial charge is 0.260 e. The van der Waals surface area contributed by atoms with Crippen molar-refractivity contribution in [2.45, 2.75) is 6.54 Å². The number of aromatic nitrogens is 3. The molecule has 0 aliphatic carbocycles. The second kappa shape index (κ2) is 8.51. The molecule has 33 heavy (non-hydrogen) atoms. The number of nitrogens with zero attached hydrogens (tertiary/aromatic N) is 3. The molecule has 8 heteroatoms. The Balaban J connectivity index is 1.40. The number of para-hydroxylation sites is 2. The molecule has 0 unspecified atom stereocenters. The van der Waals surface area contributed by atoms with E-state index in [-0.39, 0.29) is 23.7 Å². The lowest BCUT2D eigenvalue weighted by Crippen LogP contribution is -2.25. The molecular weight excluding hydrogens is 421 g/mol. The van der Waals surface area contributed by atoms with Crippen LogP contribution in [0.1, 0.15) is 5.56 Å². The third-order valence-electron chi connectivity index (χ3n) is 5.38. The molecule has 0 saturated heterocycles. The molecule has 3 aromatic carbocycles. The number of amides is 1. The summed E-state index contributed by atoms with van der Waals surface area (Å²) in [5.74, 6) is -0.680. The van der Waals surface area contributed by atoms with Crippen LogP contribution in [0, 0.1) is 5.82 Å². The van der Waals surface area contributed by atoms with Gasteiger partial charge in [0.2, 0.25) is 0 Å². The maximum Gasteiger partial charge on any atom is 0.260 e. The Labute approximate surface area is 187 Å². The standard InChI is InChI=1S/C25H18FN5O2/c26-18-11-9-16(10-12-18)24-17(14-28-30-24)13-27-29-23(32)15-31-21-7-3-1-5-19(21)25(33)20-6-2-4-8-22(20)31/h1-14H,15H2,(H,28,30)(H,29,32)/b27-13-. The minimum absolute atomic E-state index is 0.0190. The van der Waals surface area contributed by atoms with Crippen molar-refractivity contribution in [1.82, 2.24) is 20.2 Å². The lowest BCUT2D eigenvalue weighted by molar-refractivity contribution is -0.121. The molecule has 162 valence electrons. The van der Waals surface area contributed by atoms with Gasteiger partial charge in [-0.1, -0.05) is 24.3 Å². The van der Waals surface area contributed by atoms with Gasteiger partial charge in [-0.25, -0.2) is 9.82 Å². The third-order valence-corrected chi connectivity index (χ3v) is 5.38. The highest BCUT2D eigenvalue weighted by Gasteiger charge is 2.12. The predicted molar refractivity (Wildman–Crippen MR) is 125 cm³/mol. The van der Waals surface area contributed by atoms with Crippen molar-refractivity contribution in [2.75, 3.05) is 0 Å². The van der Waals surface area contributed by atoms with E-state index < -0.39 is 0 Å². The van der Waals surface area contributed by atoms with Gasteiger partial charge in [0.25, 0.3) is 5.91 Å². The Kier molecular flexibility index (Phi) is 5.24. The first-order valence-corrected chi connectivity index (χ1v) is 10.2. The molecule has 0 fully saturated rings. The fraction of sp³-hybridized carbons (Fsp3) is 0.0400. The number of pyridine rings is 1. The van der Waals surface area contributed by atoms with Gasteiger partial charge in [-0.3, -0.25) is 14.7 Å². The van der Waals surface area contributed by atoms with Crippen molar-refractivity contribution in [1.29, 1.82) is 0 Å². The molecule has 5 rings (SSSR count). The number of hydrogen-bond acceptors (Lipinski definition) is 4. The van der Waals surface area contributed by atoms with Crippen LogP contribution in [0.2, 0.25) is 0 Å². The summed E-state index contributed by atoms with van der Waals surface area (Å²) >= 11 is 0. The second-order valence-corrected chi connectivity index (χ2v) is 7.45. The first-order chi connectivity index (χ1) is 16.1. The van der Waals surface area contributed by atoms with E-state index >= 15 is 0 Å². The summed E-state index contributed by atoms with van der Waals surface area (Å²) in [7, 11) is 0. The van der Waals surface area contributed by atoms with Crippen molar-refractivity contribution in [2.24, 2.45) is 5.10 Å². The van der Waals surface area contributed by atoms with Gasteiger partial charge in [0, 0.05) is 21.9 Å². The highest BCUT2D eigenvalue weighted by atomic mass is 19.1. The quantitative estimate of drug-likeness (QED) is 0.248. The van der Waals surface area contributed by atoms with Crippen molar-refractivity contribution in [3.63, 3.8) is 0 Å². The Morgan fingerprint density at radius 2 is 1.64 bits per heavy atom. The van der Waals surface area contributed by atoms with Gasteiger partial charge in [-0.15, -0.1) is 0 Å². The maximum absolute atomic E-state index is 13.2. The largest absolute Gasteiger partial charge is 0.331 e. The summed E-state index contributed by atoms with van der Waals surface area (Å²) in [5, 5.41) is 12.0. The van der Waals surface area contributed by atoms with Crippen LogP contribution in [0.15, 0.2) is 88.9 Å². The van der Waals surface area contributed by atoms with Crippen LogP contribution in [0.4, 0.5) is 4.39 Å². The first-order valence-electron chi connectivity index (χ1n) is 10.2. The molecular formula is C25H18FN5O2.